The molecule has 1 aliphatic rings. The number of aryl methyl sites for hydroxylation is 1. The minimum atomic E-state index is -0.415. The second kappa shape index (κ2) is 7.62. The highest BCUT2D eigenvalue weighted by Crippen LogP contribution is 2.23. The van der Waals surface area contributed by atoms with Gasteiger partial charge in [0.25, 0.3) is 5.91 Å². The van der Waals surface area contributed by atoms with Crippen molar-refractivity contribution in [3.8, 4) is 0 Å². The maximum Gasteiger partial charge on any atom is 0.254 e. The van der Waals surface area contributed by atoms with E-state index in [0.717, 1.165) is 12.1 Å². The van der Waals surface area contributed by atoms with E-state index in [1.165, 1.54) is 13.0 Å². The molecule has 0 saturated carbocycles. The second-order valence-electron chi connectivity index (χ2n) is 7.11. The third kappa shape index (κ3) is 3.57. The topological polar surface area (TPSA) is 71.3 Å². The largest absolute Gasteiger partial charge is 0.366 e. The minimum absolute atomic E-state index is 0.0648. The number of hydrogen-bond donors (Lipinski definition) is 0. The molecule has 3 aromatic rings. The van der Waals surface area contributed by atoms with Gasteiger partial charge in [-0.3, -0.25) is 9.59 Å². The van der Waals surface area contributed by atoms with Gasteiger partial charge < -0.3 is 9.80 Å². The molecule has 0 unspecified atom stereocenters. The fraction of sp³-hybridized carbons (Fsp3) is 0.333. The Labute approximate surface area is 167 Å². The lowest BCUT2D eigenvalue weighted by Crippen LogP contribution is -2.49. The fourth-order valence-corrected chi connectivity index (χ4v) is 3.65. The SMILES string of the molecule is CCn1nnc2cc(C(=O)N3CCN(c4ccc(C(C)=O)cc4F)CC3)ccc21. The number of nitrogens with zero attached hydrogens (tertiary/aromatic N) is 5. The van der Waals surface area contributed by atoms with Crippen LogP contribution in [0.1, 0.15) is 34.6 Å². The molecule has 4 rings (SSSR count). The van der Waals surface area contributed by atoms with E-state index >= 15 is 0 Å². The molecular formula is C21H22FN5O2. The van der Waals surface area contributed by atoms with Crippen molar-refractivity contribution < 1.29 is 14.0 Å². The van der Waals surface area contributed by atoms with Gasteiger partial charge in [-0.25, -0.2) is 9.07 Å². The van der Waals surface area contributed by atoms with Gasteiger partial charge in [-0.1, -0.05) is 5.21 Å². The van der Waals surface area contributed by atoms with E-state index < -0.39 is 5.82 Å². The molecule has 2 heterocycles. The molecule has 0 spiro atoms. The van der Waals surface area contributed by atoms with Gasteiger partial charge in [-0.05, 0) is 50.2 Å². The van der Waals surface area contributed by atoms with E-state index in [2.05, 4.69) is 10.3 Å². The molecule has 0 atom stereocenters. The standard InChI is InChI=1S/C21H22FN5O2/c1-3-27-20-7-5-16(13-18(20)23-24-27)21(29)26-10-8-25(9-11-26)19-6-4-15(14(2)28)12-17(19)22/h4-7,12-13H,3,8-11H2,1-2H3. The number of fused-ring (bicyclic) bond motifs is 1. The first-order valence-corrected chi connectivity index (χ1v) is 9.66. The Morgan fingerprint density at radius 2 is 1.76 bits per heavy atom. The fourth-order valence-electron chi connectivity index (χ4n) is 3.65. The number of ketones is 1. The van der Waals surface area contributed by atoms with Crippen LogP contribution in [-0.2, 0) is 6.54 Å². The van der Waals surface area contributed by atoms with Crippen LogP contribution in [0.5, 0.6) is 0 Å². The number of benzene rings is 2. The van der Waals surface area contributed by atoms with Gasteiger partial charge in [0.15, 0.2) is 5.78 Å². The average molecular weight is 395 g/mol. The summed E-state index contributed by atoms with van der Waals surface area (Å²) in [7, 11) is 0. The summed E-state index contributed by atoms with van der Waals surface area (Å²) >= 11 is 0. The predicted molar refractivity (Wildman–Crippen MR) is 108 cm³/mol. The summed E-state index contributed by atoms with van der Waals surface area (Å²) in [5, 5.41) is 8.20. The second-order valence-corrected chi connectivity index (χ2v) is 7.11. The van der Waals surface area contributed by atoms with Gasteiger partial charge in [0.05, 0.1) is 11.2 Å². The molecule has 0 aliphatic carbocycles. The molecule has 0 N–H and O–H groups in total. The quantitative estimate of drug-likeness (QED) is 0.636. The summed E-state index contributed by atoms with van der Waals surface area (Å²) in [6, 6.07) is 9.98. The Bertz CT molecular complexity index is 1090. The highest BCUT2D eigenvalue weighted by Gasteiger charge is 2.24. The molecule has 7 nitrogen and oxygen atoms in total. The molecule has 1 saturated heterocycles. The van der Waals surface area contributed by atoms with Gasteiger partial charge >= 0.3 is 0 Å². The summed E-state index contributed by atoms with van der Waals surface area (Å²) in [5.41, 5.74) is 2.99. The van der Waals surface area contributed by atoms with Crippen LogP contribution in [0.15, 0.2) is 36.4 Å². The van der Waals surface area contributed by atoms with Crippen molar-refractivity contribution in [3.63, 3.8) is 0 Å². The van der Waals surface area contributed by atoms with E-state index in [1.807, 2.05) is 17.9 Å². The minimum Gasteiger partial charge on any atom is -0.366 e. The number of Topliss-reactive ketones (excluding diaryl/α,β-unsaturated/α-hetero) is 1. The highest BCUT2D eigenvalue weighted by atomic mass is 19.1. The summed E-state index contributed by atoms with van der Waals surface area (Å²) in [4.78, 5) is 28.0. The van der Waals surface area contributed by atoms with Gasteiger partial charge in [-0.15, -0.1) is 5.10 Å². The third-order valence-corrected chi connectivity index (χ3v) is 5.32. The molecular weight excluding hydrogens is 373 g/mol. The number of rotatable bonds is 4. The Morgan fingerprint density at radius 3 is 2.41 bits per heavy atom. The number of halogens is 1. The Balaban J connectivity index is 1.45. The summed E-state index contributed by atoms with van der Waals surface area (Å²) < 4.78 is 16.2. The van der Waals surface area contributed by atoms with Gasteiger partial charge in [-0.2, -0.15) is 0 Å². The van der Waals surface area contributed by atoms with Crippen molar-refractivity contribution in [3.05, 3.63) is 53.3 Å². The molecule has 1 aromatic heterocycles. The molecule has 150 valence electrons. The lowest BCUT2D eigenvalue weighted by molar-refractivity contribution is 0.0746. The number of carbonyl (C=O) groups is 2. The molecule has 0 bridgehead atoms. The van der Waals surface area contributed by atoms with Crippen molar-refractivity contribution in [1.29, 1.82) is 0 Å². The Morgan fingerprint density at radius 1 is 1.03 bits per heavy atom. The zero-order chi connectivity index (χ0) is 20.5. The molecule has 1 fully saturated rings. The Kier molecular flexibility index (Phi) is 5.00. The van der Waals surface area contributed by atoms with Crippen molar-refractivity contribution in [2.24, 2.45) is 0 Å². The van der Waals surface area contributed by atoms with Crippen molar-refractivity contribution in [1.82, 2.24) is 19.9 Å². The molecule has 8 heteroatoms. The lowest BCUT2D eigenvalue weighted by Gasteiger charge is -2.36. The number of hydrogen-bond acceptors (Lipinski definition) is 5. The Hall–Kier alpha value is -3.29. The van der Waals surface area contributed by atoms with E-state index in [9.17, 15) is 14.0 Å². The molecule has 0 radical (unpaired) electrons. The summed E-state index contributed by atoms with van der Waals surface area (Å²) in [6.45, 7) is 6.16. The number of piperazine rings is 1. The van der Waals surface area contributed by atoms with E-state index in [1.54, 1.807) is 33.8 Å². The monoisotopic (exact) mass is 395 g/mol. The van der Waals surface area contributed by atoms with E-state index in [0.29, 0.717) is 48.5 Å². The predicted octanol–water partition coefficient (Wildman–Crippen LogP) is 2.76. The maximum atomic E-state index is 14.4. The van der Waals surface area contributed by atoms with Gasteiger partial charge in [0, 0.05) is 43.9 Å². The van der Waals surface area contributed by atoms with Crippen LogP contribution in [0.4, 0.5) is 10.1 Å². The van der Waals surface area contributed by atoms with Crippen LogP contribution < -0.4 is 4.90 Å². The van der Waals surface area contributed by atoms with Crippen molar-refractivity contribution in [2.75, 3.05) is 31.1 Å². The normalized spacial score (nSPS) is 14.4. The molecule has 2 aromatic carbocycles. The van der Waals surface area contributed by atoms with Gasteiger partial charge in [0.2, 0.25) is 0 Å². The number of anilines is 1. The van der Waals surface area contributed by atoms with Crippen LogP contribution in [0.25, 0.3) is 11.0 Å². The number of aromatic nitrogens is 3. The maximum absolute atomic E-state index is 14.4. The first kappa shape index (κ1) is 19.0. The smallest absolute Gasteiger partial charge is 0.254 e. The van der Waals surface area contributed by atoms with Crippen molar-refractivity contribution in [2.45, 2.75) is 20.4 Å². The molecule has 29 heavy (non-hydrogen) atoms. The highest BCUT2D eigenvalue weighted by molar-refractivity contribution is 5.97. The van der Waals surface area contributed by atoms with Crippen LogP contribution in [-0.4, -0.2) is 57.8 Å². The van der Waals surface area contributed by atoms with E-state index in [-0.39, 0.29) is 11.7 Å². The molecule has 1 amide bonds. The lowest BCUT2D eigenvalue weighted by atomic mass is 10.1. The summed E-state index contributed by atoms with van der Waals surface area (Å²) in [6.07, 6.45) is 0. The zero-order valence-electron chi connectivity index (χ0n) is 16.4. The first-order valence-electron chi connectivity index (χ1n) is 9.66. The van der Waals surface area contributed by atoms with E-state index in [4.69, 9.17) is 0 Å². The zero-order valence-corrected chi connectivity index (χ0v) is 16.4. The average Bonchev–Trinajstić information content (AvgIpc) is 3.15. The van der Waals surface area contributed by atoms with Crippen LogP contribution >= 0.6 is 0 Å². The van der Waals surface area contributed by atoms with Crippen LogP contribution in [0, 0.1) is 5.82 Å². The summed E-state index contributed by atoms with van der Waals surface area (Å²) in [5.74, 6) is -0.645. The number of carbonyl (C=O) groups excluding carboxylic acids is 2. The third-order valence-electron chi connectivity index (χ3n) is 5.32. The molecule has 1 aliphatic heterocycles. The van der Waals surface area contributed by atoms with Crippen LogP contribution in [0.3, 0.4) is 0 Å². The first-order chi connectivity index (χ1) is 14.0. The number of amides is 1. The van der Waals surface area contributed by atoms with Crippen molar-refractivity contribution >= 4 is 28.4 Å². The van der Waals surface area contributed by atoms with Gasteiger partial charge in [0.1, 0.15) is 11.3 Å². The van der Waals surface area contributed by atoms with Crippen LogP contribution in [0.2, 0.25) is 0 Å².